The van der Waals surface area contributed by atoms with Crippen molar-refractivity contribution < 1.29 is 19.2 Å². The Morgan fingerprint density at radius 3 is 1.24 bits per heavy atom. The fourth-order valence-corrected chi connectivity index (χ4v) is 2.73. The molecule has 0 saturated carbocycles. The van der Waals surface area contributed by atoms with Crippen LogP contribution in [0.15, 0.2) is 12.1 Å². The highest BCUT2D eigenvalue weighted by Crippen LogP contribution is 2.34. The molecule has 0 fully saturated rings. The molecule has 10 heteroatoms. The molecule has 0 saturated heterocycles. The van der Waals surface area contributed by atoms with Gasteiger partial charge in [0.25, 0.3) is 0 Å². The molecule has 0 unspecified atom stereocenters. The van der Waals surface area contributed by atoms with E-state index in [-0.39, 0.29) is 21.4 Å². The zero-order valence-corrected chi connectivity index (χ0v) is 18.6. The van der Waals surface area contributed by atoms with Gasteiger partial charge in [-0.1, -0.05) is 23.2 Å². The van der Waals surface area contributed by atoms with Crippen molar-refractivity contribution in [2.75, 3.05) is 10.6 Å². The van der Waals surface area contributed by atoms with Crippen LogP contribution in [0.4, 0.5) is 11.4 Å². The second-order valence-corrected chi connectivity index (χ2v) is 9.32. The third-order valence-electron chi connectivity index (χ3n) is 4.68. The van der Waals surface area contributed by atoms with E-state index in [9.17, 15) is 19.2 Å². The molecule has 0 bridgehead atoms. The van der Waals surface area contributed by atoms with Gasteiger partial charge >= 0.3 is 0 Å². The molecule has 1 aromatic rings. The first-order chi connectivity index (χ1) is 13.1. The summed E-state index contributed by atoms with van der Waals surface area (Å²) >= 11 is 12.1. The SMILES string of the molecule is CC1(C)NC(=O)C(C)(C)C(=O)NC(C)(C)C(=O)Nc2cc(Cl)c(Cl)cc2NC1=O. The van der Waals surface area contributed by atoms with Gasteiger partial charge in [0, 0.05) is 0 Å². The number of benzene rings is 1. The minimum Gasteiger partial charge on any atom is -0.341 e. The Labute approximate surface area is 179 Å². The number of nitrogens with one attached hydrogen (secondary N) is 4. The van der Waals surface area contributed by atoms with Crippen molar-refractivity contribution >= 4 is 58.2 Å². The van der Waals surface area contributed by atoms with Crippen molar-refractivity contribution in [2.45, 2.75) is 52.6 Å². The monoisotopic (exact) mass is 442 g/mol. The molecule has 0 radical (unpaired) electrons. The molecule has 1 aliphatic rings. The first kappa shape index (κ1) is 23.0. The quantitative estimate of drug-likeness (QED) is 0.462. The smallest absolute Gasteiger partial charge is 0.249 e. The lowest BCUT2D eigenvalue weighted by atomic mass is 9.88. The van der Waals surface area contributed by atoms with Gasteiger partial charge in [-0.25, -0.2) is 0 Å². The zero-order chi connectivity index (χ0) is 22.4. The lowest BCUT2D eigenvalue weighted by molar-refractivity contribution is -0.145. The fraction of sp³-hybridized carbons (Fsp3) is 0.474. The number of rotatable bonds is 0. The van der Waals surface area contributed by atoms with Crippen molar-refractivity contribution in [1.82, 2.24) is 10.6 Å². The van der Waals surface area contributed by atoms with Crippen LogP contribution in [0.2, 0.25) is 10.0 Å². The van der Waals surface area contributed by atoms with Crippen LogP contribution in [0.1, 0.15) is 41.5 Å². The summed E-state index contributed by atoms with van der Waals surface area (Å²) in [5, 5.41) is 10.8. The molecule has 0 aromatic heterocycles. The lowest BCUT2D eigenvalue weighted by Crippen LogP contribution is -2.61. The fourth-order valence-electron chi connectivity index (χ4n) is 2.41. The molecular formula is C19H24Cl2N4O4. The number of halogens is 2. The van der Waals surface area contributed by atoms with Gasteiger partial charge in [-0.3, -0.25) is 19.2 Å². The highest BCUT2D eigenvalue weighted by atomic mass is 35.5. The van der Waals surface area contributed by atoms with Crippen LogP contribution in [0, 0.1) is 5.41 Å². The number of hydrogen-bond donors (Lipinski definition) is 4. The van der Waals surface area contributed by atoms with E-state index in [0.29, 0.717) is 0 Å². The second kappa shape index (κ2) is 7.50. The zero-order valence-electron chi connectivity index (χ0n) is 17.0. The van der Waals surface area contributed by atoms with E-state index in [4.69, 9.17) is 23.2 Å². The van der Waals surface area contributed by atoms with Crippen molar-refractivity contribution in [3.05, 3.63) is 22.2 Å². The maximum atomic E-state index is 12.8. The molecule has 1 heterocycles. The third kappa shape index (κ3) is 4.64. The average molecular weight is 443 g/mol. The Kier molecular flexibility index (Phi) is 5.94. The van der Waals surface area contributed by atoms with Crippen LogP contribution < -0.4 is 21.3 Å². The highest BCUT2D eigenvalue weighted by Gasteiger charge is 2.44. The van der Waals surface area contributed by atoms with Crippen LogP contribution in [0.3, 0.4) is 0 Å². The first-order valence-corrected chi connectivity index (χ1v) is 9.61. The largest absolute Gasteiger partial charge is 0.341 e. The number of amides is 4. The second-order valence-electron chi connectivity index (χ2n) is 8.50. The maximum absolute atomic E-state index is 12.8. The van der Waals surface area contributed by atoms with Gasteiger partial charge in [0.15, 0.2) is 0 Å². The van der Waals surface area contributed by atoms with Crippen LogP contribution in [-0.4, -0.2) is 34.7 Å². The van der Waals surface area contributed by atoms with E-state index >= 15 is 0 Å². The van der Waals surface area contributed by atoms with Gasteiger partial charge in [-0.05, 0) is 53.7 Å². The molecule has 1 aliphatic heterocycles. The summed E-state index contributed by atoms with van der Waals surface area (Å²) in [6, 6.07) is 2.79. The summed E-state index contributed by atoms with van der Waals surface area (Å²) in [5.41, 5.74) is -3.89. The molecule has 158 valence electrons. The van der Waals surface area contributed by atoms with E-state index in [0.717, 1.165) is 0 Å². The predicted molar refractivity (Wildman–Crippen MR) is 112 cm³/mol. The van der Waals surface area contributed by atoms with Gasteiger partial charge in [0.05, 0.1) is 21.4 Å². The van der Waals surface area contributed by atoms with Crippen LogP contribution >= 0.6 is 23.2 Å². The highest BCUT2D eigenvalue weighted by molar-refractivity contribution is 6.42. The Balaban J connectivity index is 2.62. The van der Waals surface area contributed by atoms with E-state index in [2.05, 4.69) is 21.3 Å². The Hall–Kier alpha value is -2.32. The van der Waals surface area contributed by atoms with E-state index < -0.39 is 40.1 Å². The average Bonchev–Trinajstić information content (AvgIpc) is 2.57. The molecular weight excluding hydrogens is 419 g/mol. The minimum atomic E-state index is -1.54. The van der Waals surface area contributed by atoms with E-state index in [1.807, 2.05) is 0 Å². The summed E-state index contributed by atoms with van der Waals surface area (Å²) in [5.74, 6) is -2.48. The molecule has 0 atom stereocenters. The summed E-state index contributed by atoms with van der Waals surface area (Å²) in [6.45, 7) is 8.80. The van der Waals surface area contributed by atoms with E-state index in [1.165, 1.54) is 53.7 Å². The molecule has 0 aliphatic carbocycles. The number of fused-ring (bicyclic) bond motifs is 1. The molecule has 29 heavy (non-hydrogen) atoms. The standard InChI is InChI=1S/C19H24Cl2N4O4/c1-17(2)13(26)24-18(3,4)15(28)22-11-7-9(20)10(21)8-12(11)23-16(29)19(5,6)25-14(17)27/h7-8H,1-6H3,(H,22,28)(H,23,29)(H,24,26)(H,25,27). The summed E-state index contributed by atoms with van der Waals surface area (Å²) in [4.78, 5) is 51.2. The normalized spacial score (nSPS) is 21.2. The van der Waals surface area contributed by atoms with Gasteiger partial charge in [0.1, 0.15) is 16.5 Å². The van der Waals surface area contributed by atoms with Crippen molar-refractivity contribution in [3.8, 4) is 0 Å². The summed E-state index contributed by atoms with van der Waals surface area (Å²) in [7, 11) is 0. The van der Waals surface area contributed by atoms with Gasteiger partial charge in [-0.15, -0.1) is 0 Å². The third-order valence-corrected chi connectivity index (χ3v) is 5.40. The predicted octanol–water partition coefficient (Wildman–Crippen LogP) is 2.70. The van der Waals surface area contributed by atoms with Crippen LogP contribution in [0.25, 0.3) is 0 Å². The van der Waals surface area contributed by atoms with Crippen LogP contribution in [0.5, 0.6) is 0 Å². The molecule has 1 aromatic carbocycles. The molecule has 4 N–H and O–H groups in total. The molecule has 0 spiro atoms. The summed E-state index contributed by atoms with van der Waals surface area (Å²) in [6.07, 6.45) is 0. The molecule has 8 nitrogen and oxygen atoms in total. The van der Waals surface area contributed by atoms with Gasteiger partial charge in [-0.2, -0.15) is 0 Å². The maximum Gasteiger partial charge on any atom is 0.249 e. The van der Waals surface area contributed by atoms with Gasteiger partial charge < -0.3 is 21.3 Å². The number of hydrogen-bond acceptors (Lipinski definition) is 4. The Morgan fingerprint density at radius 1 is 0.621 bits per heavy atom. The van der Waals surface area contributed by atoms with Crippen molar-refractivity contribution in [1.29, 1.82) is 0 Å². The van der Waals surface area contributed by atoms with Gasteiger partial charge in [0.2, 0.25) is 23.6 Å². The topological polar surface area (TPSA) is 116 Å². The lowest BCUT2D eigenvalue weighted by Gasteiger charge is -2.32. The number of carbonyl (C=O) groups excluding carboxylic acids is 4. The molecule has 4 amide bonds. The van der Waals surface area contributed by atoms with Crippen LogP contribution in [-0.2, 0) is 19.2 Å². The number of anilines is 2. The Morgan fingerprint density at radius 2 is 0.931 bits per heavy atom. The van der Waals surface area contributed by atoms with Crippen molar-refractivity contribution in [3.63, 3.8) is 0 Å². The summed E-state index contributed by atoms with van der Waals surface area (Å²) < 4.78 is 0. The first-order valence-electron chi connectivity index (χ1n) is 8.85. The molecule has 2 rings (SSSR count). The number of carbonyl (C=O) groups is 4. The van der Waals surface area contributed by atoms with Crippen molar-refractivity contribution in [2.24, 2.45) is 5.41 Å². The Bertz CT molecular complexity index is 839. The van der Waals surface area contributed by atoms with E-state index in [1.54, 1.807) is 0 Å². The minimum absolute atomic E-state index is 0.167.